The lowest BCUT2D eigenvalue weighted by molar-refractivity contribution is 0.168. The van der Waals surface area contributed by atoms with E-state index in [2.05, 4.69) is 56.8 Å². The highest BCUT2D eigenvalue weighted by Crippen LogP contribution is 2.23. The second-order valence-corrected chi connectivity index (χ2v) is 8.02. The van der Waals surface area contributed by atoms with Gasteiger partial charge in [-0.1, -0.05) is 10.4 Å². The largest absolute Gasteiger partial charge is 0.340 e. The molecule has 148 valence electrons. The van der Waals surface area contributed by atoms with Crippen LogP contribution in [-0.4, -0.2) is 61.2 Å². The van der Waals surface area contributed by atoms with Gasteiger partial charge in [-0.05, 0) is 46.6 Å². The van der Waals surface area contributed by atoms with Crippen LogP contribution in [0.15, 0.2) is 4.52 Å². The molecule has 3 heterocycles. The van der Waals surface area contributed by atoms with E-state index in [-0.39, 0.29) is 11.6 Å². The van der Waals surface area contributed by atoms with Crippen molar-refractivity contribution in [2.75, 3.05) is 25.0 Å². The summed E-state index contributed by atoms with van der Waals surface area (Å²) < 4.78 is 6.57. The van der Waals surface area contributed by atoms with E-state index in [4.69, 9.17) is 4.52 Å². The van der Waals surface area contributed by atoms with Gasteiger partial charge in [0.15, 0.2) is 11.6 Å². The van der Waals surface area contributed by atoms with Crippen molar-refractivity contribution < 1.29 is 9.32 Å². The molecule has 0 spiro atoms. The fraction of sp³-hybridized carbons (Fsp3) is 0.706. The number of carbonyl (C=O) groups excluding carboxylic acids is 1. The molecule has 0 saturated carbocycles. The lowest BCUT2D eigenvalue weighted by Gasteiger charge is -2.31. The number of nitrogens with zero attached hydrogens (tertiary/aromatic N) is 6. The predicted octanol–water partition coefficient (Wildman–Crippen LogP) is 1.57. The van der Waals surface area contributed by atoms with Crippen molar-refractivity contribution in [2.45, 2.75) is 53.1 Å². The molecule has 1 aliphatic rings. The quantitative estimate of drug-likeness (QED) is 0.814. The van der Waals surface area contributed by atoms with Crippen LogP contribution in [0.4, 0.5) is 10.6 Å². The second kappa shape index (κ2) is 7.63. The van der Waals surface area contributed by atoms with Gasteiger partial charge in [0, 0.05) is 25.6 Å². The molecule has 0 aliphatic carbocycles. The molecule has 1 saturated heterocycles. The SMILES string of the molecule is Cc1nc(Cn2nnc(NC(=O)NCC3CCN(C(C)(C)C)C3)c2C)no1. The number of anilines is 1. The molecule has 2 N–H and O–H groups in total. The van der Waals surface area contributed by atoms with Crippen LogP contribution in [0, 0.1) is 19.8 Å². The maximum absolute atomic E-state index is 12.2. The summed E-state index contributed by atoms with van der Waals surface area (Å²) in [6.07, 6.45) is 1.09. The molecule has 10 nitrogen and oxygen atoms in total. The summed E-state index contributed by atoms with van der Waals surface area (Å²) in [5.74, 6) is 1.90. The van der Waals surface area contributed by atoms with E-state index in [0.717, 1.165) is 25.2 Å². The first-order valence-corrected chi connectivity index (χ1v) is 9.21. The van der Waals surface area contributed by atoms with E-state index in [1.54, 1.807) is 11.6 Å². The second-order valence-electron chi connectivity index (χ2n) is 8.02. The van der Waals surface area contributed by atoms with E-state index in [1.165, 1.54) is 0 Å². The fourth-order valence-electron chi connectivity index (χ4n) is 3.16. The van der Waals surface area contributed by atoms with E-state index < -0.39 is 0 Å². The zero-order valence-corrected chi connectivity index (χ0v) is 16.6. The van der Waals surface area contributed by atoms with Gasteiger partial charge >= 0.3 is 6.03 Å². The van der Waals surface area contributed by atoms with Crippen LogP contribution in [0.1, 0.15) is 44.6 Å². The Morgan fingerprint density at radius 1 is 1.33 bits per heavy atom. The third-order valence-corrected chi connectivity index (χ3v) is 4.86. The maximum Gasteiger partial charge on any atom is 0.320 e. The normalized spacial score (nSPS) is 18.0. The molecule has 1 atom stereocenters. The number of nitrogens with one attached hydrogen (secondary N) is 2. The standard InChI is InChI=1S/C17H28N8O2/c1-11-15(21-23-25(11)10-14-19-12(2)27-22-14)20-16(26)18-8-13-6-7-24(9-13)17(3,4)5/h13H,6-10H2,1-5H3,(H2,18,20,26). The summed E-state index contributed by atoms with van der Waals surface area (Å²) in [7, 11) is 0. The molecule has 0 bridgehead atoms. The van der Waals surface area contributed by atoms with E-state index in [9.17, 15) is 4.79 Å². The Morgan fingerprint density at radius 2 is 2.11 bits per heavy atom. The summed E-state index contributed by atoms with van der Waals surface area (Å²) in [6, 6.07) is -0.269. The number of hydrogen-bond donors (Lipinski definition) is 2. The minimum atomic E-state index is -0.269. The monoisotopic (exact) mass is 376 g/mol. The van der Waals surface area contributed by atoms with Crippen molar-refractivity contribution in [3.63, 3.8) is 0 Å². The van der Waals surface area contributed by atoms with Crippen molar-refractivity contribution in [3.05, 3.63) is 17.4 Å². The molecular formula is C17H28N8O2. The molecule has 0 radical (unpaired) electrons. The Bertz CT molecular complexity index is 791. The lowest BCUT2D eigenvalue weighted by atomic mass is 10.1. The smallest absolute Gasteiger partial charge is 0.320 e. The number of carbonyl (C=O) groups is 1. The Morgan fingerprint density at radius 3 is 2.74 bits per heavy atom. The summed E-state index contributed by atoms with van der Waals surface area (Å²) in [6.45, 7) is 13.3. The molecular weight excluding hydrogens is 348 g/mol. The molecule has 3 rings (SSSR count). The molecule has 1 fully saturated rings. The fourth-order valence-corrected chi connectivity index (χ4v) is 3.16. The lowest BCUT2D eigenvalue weighted by Crippen LogP contribution is -2.40. The van der Waals surface area contributed by atoms with Gasteiger partial charge in [-0.2, -0.15) is 4.98 Å². The van der Waals surface area contributed by atoms with Crippen LogP contribution < -0.4 is 10.6 Å². The molecule has 27 heavy (non-hydrogen) atoms. The van der Waals surface area contributed by atoms with Crippen LogP contribution in [0.5, 0.6) is 0 Å². The average molecular weight is 376 g/mol. The van der Waals surface area contributed by atoms with Gasteiger partial charge in [0.1, 0.15) is 6.54 Å². The Labute approximate surface area is 158 Å². The number of aryl methyl sites for hydroxylation is 1. The number of urea groups is 1. The molecule has 0 aromatic carbocycles. The van der Waals surface area contributed by atoms with Crippen molar-refractivity contribution >= 4 is 11.8 Å². The van der Waals surface area contributed by atoms with Crippen LogP contribution in [0.2, 0.25) is 0 Å². The number of amides is 2. The molecule has 2 aromatic heterocycles. The van der Waals surface area contributed by atoms with Gasteiger partial charge < -0.3 is 9.84 Å². The average Bonchev–Trinajstić information content (AvgIpc) is 3.29. The van der Waals surface area contributed by atoms with Gasteiger partial charge in [-0.25, -0.2) is 9.48 Å². The number of rotatable bonds is 5. The number of hydrogen-bond acceptors (Lipinski definition) is 7. The first-order chi connectivity index (χ1) is 12.7. The van der Waals surface area contributed by atoms with Crippen LogP contribution in [-0.2, 0) is 6.54 Å². The zero-order valence-electron chi connectivity index (χ0n) is 16.6. The van der Waals surface area contributed by atoms with Gasteiger partial charge in [0.25, 0.3) is 0 Å². The van der Waals surface area contributed by atoms with Crippen molar-refractivity contribution in [2.24, 2.45) is 5.92 Å². The third kappa shape index (κ3) is 4.82. The number of aromatic nitrogens is 5. The Balaban J connectivity index is 1.49. The van der Waals surface area contributed by atoms with Crippen LogP contribution in [0.25, 0.3) is 0 Å². The van der Waals surface area contributed by atoms with Gasteiger partial charge in [0.05, 0.1) is 5.69 Å². The van der Waals surface area contributed by atoms with Gasteiger partial charge in [0.2, 0.25) is 5.89 Å². The van der Waals surface area contributed by atoms with E-state index >= 15 is 0 Å². The highest BCUT2D eigenvalue weighted by atomic mass is 16.5. The zero-order chi connectivity index (χ0) is 19.6. The maximum atomic E-state index is 12.2. The van der Waals surface area contributed by atoms with Crippen LogP contribution in [0.3, 0.4) is 0 Å². The minimum absolute atomic E-state index is 0.171. The molecule has 1 unspecified atom stereocenters. The first kappa shape index (κ1) is 19.3. The summed E-state index contributed by atoms with van der Waals surface area (Å²) in [5, 5.41) is 17.6. The number of likely N-dealkylation sites (tertiary alicyclic amines) is 1. The van der Waals surface area contributed by atoms with Crippen molar-refractivity contribution in [1.82, 2.24) is 35.4 Å². The van der Waals surface area contributed by atoms with Gasteiger partial charge in [-0.15, -0.1) is 5.10 Å². The Hall–Kier alpha value is -2.49. The van der Waals surface area contributed by atoms with Crippen molar-refractivity contribution in [3.8, 4) is 0 Å². The minimum Gasteiger partial charge on any atom is -0.340 e. The topological polar surface area (TPSA) is 114 Å². The first-order valence-electron chi connectivity index (χ1n) is 9.21. The third-order valence-electron chi connectivity index (χ3n) is 4.86. The Kier molecular flexibility index (Phi) is 5.45. The highest BCUT2D eigenvalue weighted by Gasteiger charge is 2.30. The summed E-state index contributed by atoms with van der Waals surface area (Å²) >= 11 is 0. The molecule has 2 aromatic rings. The van der Waals surface area contributed by atoms with E-state index in [1.807, 2.05) is 6.92 Å². The molecule has 2 amide bonds. The highest BCUT2D eigenvalue weighted by molar-refractivity contribution is 5.88. The summed E-state index contributed by atoms with van der Waals surface area (Å²) in [5.41, 5.74) is 0.900. The molecule has 10 heteroatoms. The van der Waals surface area contributed by atoms with Crippen molar-refractivity contribution in [1.29, 1.82) is 0 Å². The van der Waals surface area contributed by atoms with Gasteiger partial charge in [-0.3, -0.25) is 10.2 Å². The summed E-state index contributed by atoms with van der Waals surface area (Å²) in [4.78, 5) is 18.8. The van der Waals surface area contributed by atoms with E-state index in [0.29, 0.717) is 36.5 Å². The van der Waals surface area contributed by atoms with Crippen LogP contribution >= 0.6 is 0 Å². The predicted molar refractivity (Wildman–Crippen MR) is 99.4 cm³/mol. The molecule has 1 aliphatic heterocycles.